The number of carbonyl (C=O) groups is 1. The summed E-state index contributed by atoms with van der Waals surface area (Å²) in [6.45, 7) is 3.32. The summed E-state index contributed by atoms with van der Waals surface area (Å²) in [5.41, 5.74) is 1.79. The summed E-state index contributed by atoms with van der Waals surface area (Å²) < 4.78 is 18.9. The quantitative estimate of drug-likeness (QED) is 0.637. The summed E-state index contributed by atoms with van der Waals surface area (Å²) in [7, 11) is 0. The van der Waals surface area contributed by atoms with Gasteiger partial charge in [-0.25, -0.2) is 4.39 Å². The number of likely N-dealkylation sites (tertiary alicyclic amines) is 2. The van der Waals surface area contributed by atoms with Gasteiger partial charge in [0.2, 0.25) is 5.89 Å². The Kier molecular flexibility index (Phi) is 4.78. The van der Waals surface area contributed by atoms with Crippen LogP contribution in [0.25, 0.3) is 11.3 Å². The second-order valence-electron chi connectivity index (χ2n) is 9.16. The molecule has 3 aromatic rings. The zero-order valence-electron chi connectivity index (χ0n) is 17.7. The molecule has 1 atom stereocenters. The van der Waals surface area contributed by atoms with Crippen molar-refractivity contribution in [1.82, 2.24) is 30.1 Å². The van der Waals surface area contributed by atoms with Crippen LogP contribution in [-0.4, -0.2) is 62.2 Å². The molecular formula is C23H25FN6O2. The van der Waals surface area contributed by atoms with Gasteiger partial charge in [0.15, 0.2) is 5.82 Å². The maximum Gasteiger partial charge on any atom is 0.257 e. The highest BCUT2D eigenvalue weighted by molar-refractivity contribution is 6.00. The Morgan fingerprint density at radius 3 is 2.78 bits per heavy atom. The zero-order valence-corrected chi connectivity index (χ0v) is 17.7. The van der Waals surface area contributed by atoms with Gasteiger partial charge in [0.1, 0.15) is 5.82 Å². The summed E-state index contributed by atoms with van der Waals surface area (Å²) in [5.74, 6) is 1.90. The molecular weight excluding hydrogens is 411 g/mol. The van der Waals surface area contributed by atoms with Crippen molar-refractivity contribution in [3.8, 4) is 11.3 Å². The maximum atomic E-state index is 13.2. The highest BCUT2D eigenvalue weighted by atomic mass is 19.1. The highest BCUT2D eigenvalue weighted by Crippen LogP contribution is 2.38. The lowest BCUT2D eigenvalue weighted by Gasteiger charge is -2.37. The molecule has 2 saturated heterocycles. The molecule has 166 valence electrons. The molecule has 3 fully saturated rings. The molecule has 2 aliphatic heterocycles. The fourth-order valence-corrected chi connectivity index (χ4v) is 4.77. The third-order valence-electron chi connectivity index (χ3n) is 6.83. The number of amides is 1. The second kappa shape index (κ2) is 7.81. The number of halogens is 1. The average molecular weight is 436 g/mol. The third kappa shape index (κ3) is 3.60. The Hall–Kier alpha value is -3.07. The second-order valence-corrected chi connectivity index (χ2v) is 9.16. The van der Waals surface area contributed by atoms with Gasteiger partial charge in [-0.1, -0.05) is 5.16 Å². The van der Waals surface area contributed by atoms with Crippen molar-refractivity contribution in [2.24, 2.45) is 5.92 Å². The van der Waals surface area contributed by atoms with Gasteiger partial charge in [-0.3, -0.25) is 14.8 Å². The Morgan fingerprint density at radius 2 is 2.00 bits per heavy atom. The van der Waals surface area contributed by atoms with Gasteiger partial charge in [-0.2, -0.15) is 10.1 Å². The van der Waals surface area contributed by atoms with E-state index in [1.54, 1.807) is 17.0 Å². The lowest BCUT2D eigenvalue weighted by atomic mass is 9.97. The normalized spacial score (nSPS) is 21.8. The SMILES string of the molecule is O=C(c1cn[nH]c1-c1ccc(F)cc1)N1CC(c2noc(C3CCCN3CC3CC3)n2)C1. The van der Waals surface area contributed by atoms with Crippen LogP contribution in [-0.2, 0) is 0 Å². The van der Waals surface area contributed by atoms with Crippen molar-refractivity contribution < 1.29 is 13.7 Å². The fourth-order valence-electron chi connectivity index (χ4n) is 4.77. The van der Waals surface area contributed by atoms with Crippen molar-refractivity contribution in [1.29, 1.82) is 0 Å². The number of aromatic amines is 1. The lowest BCUT2D eigenvalue weighted by Crippen LogP contribution is -2.48. The Balaban J connectivity index is 1.11. The van der Waals surface area contributed by atoms with E-state index in [1.165, 1.54) is 37.6 Å². The van der Waals surface area contributed by atoms with E-state index in [-0.39, 0.29) is 23.7 Å². The van der Waals surface area contributed by atoms with E-state index in [9.17, 15) is 9.18 Å². The predicted molar refractivity (Wildman–Crippen MR) is 113 cm³/mol. The summed E-state index contributed by atoms with van der Waals surface area (Å²) in [4.78, 5) is 22.0. The Labute approximate surface area is 184 Å². The molecule has 1 N–H and O–H groups in total. The first-order chi connectivity index (χ1) is 15.7. The van der Waals surface area contributed by atoms with Crippen LogP contribution in [0.2, 0.25) is 0 Å². The minimum Gasteiger partial charge on any atom is -0.338 e. The van der Waals surface area contributed by atoms with E-state index < -0.39 is 0 Å². The van der Waals surface area contributed by atoms with Crippen LogP contribution in [0.15, 0.2) is 35.0 Å². The number of hydrogen-bond donors (Lipinski definition) is 1. The van der Waals surface area contributed by atoms with E-state index in [0.717, 1.165) is 36.9 Å². The molecule has 4 heterocycles. The number of H-pyrrole nitrogens is 1. The van der Waals surface area contributed by atoms with Gasteiger partial charge in [0.05, 0.1) is 29.4 Å². The Morgan fingerprint density at radius 1 is 1.19 bits per heavy atom. The van der Waals surface area contributed by atoms with E-state index >= 15 is 0 Å². The summed E-state index contributed by atoms with van der Waals surface area (Å²) >= 11 is 0. The molecule has 3 aliphatic rings. The molecule has 1 amide bonds. The van der Waals surface area contributed by atoms with Crippen molar-refractivity contribution >= 4 is 5.91 Å². The molecule has 1 saturated carbocycles. The van der Waals surface area contributed by atoms with Crippen LogP contribution >= 0.6 is 0 Å². The molecule has 32 heavy (non-hydrogen) atoms. The lowest BCUT2D eigenvalue weighted by molar-refractivity contribution is 0.0593. The molecule has 1 unspecified atom stereocenters. The van der Waals surface area contributed by atoms with E-state index in [0.29, 0.717) is 30.2 Å². The van der Waals surface area contributed by atoms with Gasteiger partial charge >= 0.3 is 0 Å². The monoisotopic (exact) mass is 436 g/mol. The van der Waals surface area contributed by atoms with Crippen molar-refractivity contribution in [2.75, 3.05) is 26.2 Å². The van der Waals surface area contributed by atoms with Crippen molar-refractivity contribution in [2.45, 2.75) is 37.6 Å². The third-order valence-corrected chi connectivity index (χ3v) is 6.83. The standard InChI is InChI=1S/C23H25FN6O2/c24-17-7-5-15(6-8-17)20-18(10-25-27-20)23(31)30-12-16(13-30)21-26-22(32-28-21)19-2-1-9-29(19)11-14-3-4-14/h5-8,10,14,16,19H,1-4,9,11-13H2,(H,25,27). The van der Waals surface area contributed by atoms with Crippen LogP contribution in [0.5, 0.6) is 0 Å². The predicted octanol–water partition coefficient (Wildman–Crippen LogP) is 3.39. The number of nitrogens with one attached hydrogen (secondary N) is 1. The topological polar surface area (TPSA) is 91.2 Å². The van der Waals surface area contributed by atoms with Crippen LogP contribution in [0, 0.1) is 11.7 Å². The first kappa shape index (κ1) is 19.6. The molecule has 2 aromatic heterocycles. The molecule has 1 aliphatic carbocycles. The van der Waals surface area contributed by atoms with Crippen molar-refractivity contribution in [3.05, 3.63) is 53.6 Å². The molecule has 0 spiro atoms. The first-order valence-electron chi connectivity index (χ1n) is 11.3. The van der Waals surface area contributed by atoms with Crippen LogP contribution in [0.3, 0.4) is 0 Å². The summed E-state index contributed by atoms with van der Waals surface area (Å²) in [6, 6.07) is 6.24. The molecule has 8 nitrogen and oxygen atoms in total. The smallest absolute Gasteiger partial charge is 0.257 e. The number of rotatable bonds is 6. The van der Waals surface area contributed by atoms with Gasteiger partial charge < -0.3 is 9.42 Å². The molecule has 1 aromatic carbocycles. The minimum absolute atomic E-state index is 0.0795. The number of benzene rings is 1. The van der Waals surface area contributed by atoms with Crippen LogP contribution in [0.4, 0.5) is 4.39 Å². The van der Waals surface area contributed by atoms with E-state index in [1.807, 2.05) is 0 Å². The zero-order chi connectivity index (χ0) is 21.7. The Bertz CT molecular complexity index is 1120. The maximum absolute atomic E-state index is 13.2. The van der Waals surface area contributed by atoms with Gasteiger partial charge in [-0.15, -0.1) is 0 Å². The fraction of sp³-hybridized carbons (Fsp3) is 0.478. The number of hydrogen-bond acceptors (Lipinski definition) is 6. The molecule has 0 bridgehead atoms. The summed E-state index contributed by atoms with van der Waals surface area (Å²) in [6.07, 6.45) is 6.43. The van der Waals surface area contributed by atoms with E-state index in [2.05, 4.69) is 20.3 Å². The van der Waals surface area contributed by atoms with Crippen LogP contribution < -0.4 is 0 Å². The minimum atomic E-state index is -0.320. The molecule has 0 radical (unpaired) electrons. The molecule has 9 heteroatoms. The number of nitrogens with zero attached hydrogens (tertiary/aromatic N) is 5. The van der Waals surface area contributed by atoms with Gasteiger partial charge in [-0.05, 0) is 62.4 Å². The van der Waals surface area contributed by atoms with Gasteiger partial charge in [0.25, 0.3) is 5.91 Å². The average Bonchev–Trinajstić information content (AvgIpc) is 3.14. The van der Waals surface area contributed by atoms with Crippen LogP contribution in [0.1, 0.15) is 59.7 Å². The largest absolute Gasteiger partial charge is 0.338 e. The highest BCUT2D eigenvalue weighted by Gasteiger charge is 2.39. The summed E-state index contributed by atoms with van der Waals surface area (Å²) in [5, 5.41) is 11.1. The van der Waals surface area contributed by atoms with Gasteiger partial charge in [0, 0.05) is 25.2 Å². The number of carbonyl (C=O) groups excluding carboxylic acids is 1. The first-order valence-corrected chi connectivity index (χ1v) is 11.3. The number of aromatic nitrogens is 4. The van der Waals surface area contributed by atoms with Crippen molar-refractivity contribution in [3.63, 3.8) is 0 Å². The molecule has 6 rings (SSSR count). The van der Waals surface area contributed by atoms with E-state index in [4.69, 9.17) is 9.51 Å².